The second kappa shape index (κ2) is 6.54. The summed E-state index contributed by atoms with van der Waals surface area (Å²) >= 11 is 0. The van der Waals surface area contributed by atoms with Crippen molar-refractivity contribution < 1.29 is 14.9 Å². The Balaban J connectivity index is 2.32. The maximum Gasteiger partial charge on any atom is 0.162 e. The van der Waals surface area contributed by atoms with Gasteiger partial charge in [0.1, 0.15) is 17.9 Å². The SMILES string of the molecule is CCCn1ncc(OC)c1C(O)C(O)c1ccccc1. The molecule has 0 aliphatic carbocycles. The molecule has 2 N–H and O–H groups in total. The van der Waals surface area contributed by atoms with E-state index in [9.17, 15) is 10.2 Å². The highest BCUT2D eigenvalue weighted by Gasteiger charge is 2.27. The fraction of sp³-hybridized carbons (Fsp3) is 0.400. The van der Waals surface area contributed by atoms with Crippen molar-refractivity contribution >= 4 is 0 Å². The van der Waals surface area contributed by atoms with Crippen LogP contribution in [0.1, 0.15) is 36.8 Å². The summed E-state index contributed by atoms with van der Waals surface area (Å²) in [5.41, 5.74) is 1.16. The van der Waals surface area contributed by atoms with E-state index in [2.05, 4.69) is 5.10 Å². The molecule has 5 nitrogen and oxygen atoms in total. The quantitative estimate of drug-likeness (QED) is 0.847. The average molecular weight is 276 g/mol. The third kappa shape index (κ3) is 2.84. The van der Waals surface area contributed by atoms with E-state index < -0.39 is 12.2 Å². The topological polar surface area (TPSA) is 67.5 Å². The van der Waals surface area contributed by atoms with Gasteiger partial charge in [0.25, 0.3) is 0 Å². The van der Waals surface area contributed by atoms with Crippen molar-refractivity contribution in [1.82, 2.24) is 9.78 Å². The van der Waals surface area contributed by atoms with Gasteiger partial charge in [0, 0.05) is 6.54 Å². The predicted molar refractivity (Wildman–Crippen MR) is 75.4 cm³/mol. The van der Waals surface area contributed by atoms with Gasteiger partial charge in [0.05, 0.1) is 13.3 Å². The van der Waals surface area contributed by atoms with Gasteiger partial charge in [0.15, 0.2) is 5.75 Å². The minimum absolute atomic E-state index is 0.487. The first kappa shape index (κ1) is 14.6. The van der Waals surface area contributed by atoms with Gasteiger partial charge < -0.3 is 14.9 Å². The predicted octanol–water partition coefficient (Wildman–Crippen LogP) is 2.07. The van der Waals surface area contributed by atoms with E-state index in [1.807, 2.05) is 25.1 Å². The first-order valence-corrected chi connectivity index (χ1v) is 6.69. The molecule has 0 saturated carbocycles. The standard InChI is InChI=1S/C15H20N2O3/c1-3-9-17-13(12(20-2)10-16-17)15(19)14(18)11-7-5-4-6-8-11/h4-8,10,14-15,18-19H,3,9H2,1-2H3. The van der Waals surface area contributed by atoms with Crippen LogP contribution in [0.2, 0.25) is 0 Å². The van der Waals surface area contributed by atoms with Crippen LogP contribution in [-0.2, 0) is 6.54 Å². The number of aliphatic hydroxyl groups excluding tert-OH is 2. The number of benzene rings is 1. The Bertz CT molecular complexity index is 539. The van der Waals surface area contributed by atoms with E-state index in [-0.39, 0.29) is 0 Å². The van der Waals surface area contributed by atoms with Crippen molar-refractivity contribution in [2.75, 3.05) is 7.11 Å². The summed E-state index contributed by atoms with van der Waals surface area (Å²) in [6.45, 7) is 2.69. The summed E-state index contributed by atoms with van der Waals surface area (Å²) in [6, 6.07) is 9.07. The van der Waals surface area contributed by atoms with Crippen LogP contribution in [0.15, 0.2) is 36.5 Å². The fourth-order valence-electron chi connectivity index (χ4n) is 2.21. The second-order valence-electron chi connectivity index (χ2n) is 4.62. The van der Waals surface area contributed by atoms with Gasteiger partial charge in [-0.15, -0.1) is 0 Å². The lowest BCUT2D eigenvalue weighted by molar-refractivity contribution is 0.0103. The van der Waals surface area contributed by atoms with Gasteiger partial charge in [-0.2, -0.15) is 5.10 Å². The number of ether oxygens (including phenoxy) is 1. The van der Waals surface area contributed by atoms with Crippen LogP contribution in [0.25, 0.3) is 0 Å². The molecule has 5 heteroatoms. The molecule has 0 aliphatic rings. The van der Waals surface area contributed by atoms with Gasteiger partial charge in [-0.25, -0.2) is 0 Å². The maximum absolute atomic E-state index is 10.5. The molecule has 2 aromatic rings. The van der Waals surface area contributed by atoms with Crippen LogP contribution in [-0.4, -0.2) is 27.1 Å². The molecule has 2 atom stereocenters. The minimum Gasteiger partial charge on any atom is -0.493 e. The Hall–Kier alpha value is -1.85. The van der Waals surface area contributed by atoms with Gasteiger partial charge in [-0.1, -0.05) is 37.3 Å². The zero-order chi connectivity index (χ0) is 14.5. The number of nitrogens with zero attached hydrogens (tertiary/aromatic N) is 2. The largest absolute Gasteiger partial charge is 0.493 e. The van der Waals surface area contributed by atoms with Crippen LogP contribution < -0.4 is 4.74 Å². The van der Waals surface area contributed by atoms with Crippen molar-refractivity contribution in [3.05, 3.63) is 47.8 Å². The lowest BCUT2D eigenvalue weighted by Crippen LogP contribution is -2.16. The van der Waals surface area contributed by atoms with E-state index >= 15 is 0 Å². The maximum atomic E-state index is 10.5. The van der Waals surface area contributed by atoms with Crippen LogP contribution in [0.4, 0.5) is 0 Å². The van der Waals surface area contributed by atoms with Crippen molar-refractivity contribution in [1.29, 1.82) is 0 Å². The van der Waals surface area contributed by atoms with Crippen LogP contribution in [0.5, 0.6) is 5.75 Å². The Morgan fingerprint density at radius 1 is 1.20 bits per heavy atom. The number of aryl methyl sites for hydroxylation is 1. The summed E-state index contributed by atoms with van der Waals surface area (Å²) in [5, 5.41) is 25.0. The molecule has 0 saturated heterocycles. The van der Waals surface area contributed by atoms with Gasteiger partial charge in [0.2, 0.25) is 0 Å². The van der Waals surface area contributed by atoms with Crippen LogP contribution in [0.3, 0.4) is 0 Å². The Morgan fingerprint density at radius 3 is 2.50 bits per heavy atom. The van der Waals surface area contributed by atoms with E-state index in [4.69, 9.17) is 4.74 Å². The molecular formula is C15H20N2O3. The van der Waals surface area contributed by atoms with E-state index in [0.29, 0.717) is 23.6 Å². The van der Waals surface area contributed by atoms with Crippen LogP contribution >= 0.6 is 0 Å². The number of methoxy groups -OCH3 is 1. The highest BCUT2D eigenvalue weighted by atomic mass is 16.5. The minimum atomic E-state index is -1.08. The first-order chi connectivity index (χ1) is 9.69. The molecule has 0 radical (unpaired) electrons. The smallest absolute Gasteiger partial charge is 0.162 e. The summed E-state index contributed by atoms with van der Waals surface area (Å²) in [7, 11) is 1.53. The van der Waals surface area contributed by atoms with Crippen molar-refractivity contribution in [2.45, 2.75) is 32.1 Å². The molecule has 20 heavy (non-hydrogen) atoms. The van der Waals surface area contributed by atoms with Crippen molar-refractivity contribution in [3.8, 4) is 5.75 Å². The Morgan fingerprint density at radius 2 is 1.90 bits per heavy atom. The highest BCUT2D eigenvalue weighted by molar-refractivity contribution is 5.30. The second-order valence-corrected chi connectivity index (χ2v) is 4.62. The molecule has 0 fully saturated rings. The van der Waals surface area contributed by atoms with Crippen molar-refractivity contribution in [2.24, 2.45) is 0 Å². The van der Waals surface area contributed by atoms with Crippen molar-refractivity contribution in [3.63, 3.8) is 0 Å². The molecule has 0 spiro atoms. The lowest BCUT2D eigenvalue weighted by Gasteiger charge is -2.20. The zero-order valence-electron chi connectivity index (χ0n) is 11.7. The summed E-state index contributed by atoms with van der Waals surface area (Å²) in [4.78, 5) is 0. The molecule has 0 amide bonds. The number of aliphatic hydroxyl groups is 2. The molecule has 1 aromatic carbocycles. The average Bonchev–Trinajstić information content (AvgIpc) is 2.90. The van der Waals surface area contributed by atoms with Gasteiger partial charge in [-0.05, 0) is 12.0 Å². The summed E-state index contributed by atoms with van der Waals surface area (Å²) in [5.74, 6) is 0.487. The third-order valence-corrected chi connectivity index (χ3v) is 3.22. The Kier molecular flexibility index (Phi) is 4.76. The molecule has 0 aliphatic heterocycles. The number of rotatable bonds is 6. The molecule has 0 bridgehead atoms. The first-order valence-electron chi connectivity index (χ1n) is 6.69. The van der Waals surface area contributed by atoms with Gasteiger partial charge in [-0.3, -0.25) is 4.68 Å². The molecule has 108 valence electrons. The summed E-state index contributed by atoms with van der Waals surface area (Å²) < 4.78 is 6.90. The zero-order valence-corrected chi connectivity index (χ0v) is 11.7. The van der Waals surface area contributed by atoms with Gasteiger partial charge >= 0.3 is 0 Å². The monoisotopic (exact) mass is 276 g/mol. The molecule has 2 unspecified atom stereocenters. The lowest BCUT2D eigenvalue weighted by atomic mass is 10.0. The fourth-order valence-corrected chi connectivity index (χ4v) is 2.21. The molecular weight excluding hydrogens is 256 g/mol. The summed E-state index contributed by atoms with van der Waals surface area (Å²) in [6.07, 6.45) is 0.344. The Labute approximate surface area is 118 Å². The number of hydrogen-bond donors (Lipinski definition) is 2. The third-order valence-electron chi connectivity index (χ3n) is 3.22. The van der Waals surface area contributed by atoms with E-state index in [1.165, 1.54) is 7.11 Å². The van der Waals surface area contributed by atoms with E-state index in [1.54, 1.807) is 23.0 Å². The van der Waals surface area contributed by atoms with E-state index in [0.717, 1.165) is 6.42 Å². The highest BCUT2D eigenvalue weighted by Crippen LogP contribution is 2.34. The molecule has 1 heterocycles. The number of aromatic nitrogens is 2. The molecule has 1 aromatic heterocycles. The van der Waals surface area contributed by atoms with Crippen LogP contribution in [0, 0.1) is 0 Å². The molecule has 2 rings (SSSR count). The normalized spacial score (nSPS) is 14.0. The number of hydrogen-bond acceptors (Lipinski definition) is 4.